The molecule has 1 saturated heterocycles. The van der Waals surface area contributed by atoms with Gasteiger partial charge in [-0.1, -0.05) is 19.3 Å². The Morgan fingerprint density at radius 3 is 2.52 bits per heavy atom. The van der Waals surface area contributed by atoms with Crippen LogP contribution in [-0.4, -0.2) is 51.1 Å². The Morgan fingerprint density at radius 1 is 1.10 bits per heavy atom. The highest BCUT2D eigenvalue weighted by atomic mass is 16.5. The van der Waals surface area contributed by atoms with Crippen molar-refractivity contribution in [1.29, 1.82) is 0 Å². The van der Waals surface area contributed by atoms with Crippen LogP contribution in [0.25, 0.3) is 0 Å². The van der Waals surface area contributed by atoms with Crippen molar-refractivity contribution >= 4 is 23.4 Å². The summed E-state index contributed by atoms with van der Waals surface area (Å²) in [5.41, 5.74) is 0.651. The Labute approximate surface area is 170 Å². The van der Waals surface area contributed by atoms with E-state index in [4.69, 9.17) is 9.47 Å². The van der Waals surface area contributed by atoms with E-state index < -0.39 is 5.92 Å². The van der Waals surface area contributed by atoms with Crippen molar-refractivity contribution in [2.45, 2.75) is 44.6 Å². The molecule has 1 heterocycles. The topological polar surface area (TPSA) is 97.0 Å². The van der Waals surface area contributed by atoms with Gasteiger partial charge in [0.2, 0.25) is 17.7 Å². The van der Waals surface area contributed by atoms with Crippen molar-refractivity contribution in [3.8, 4) is 11.5 Å². The van der Waals surface area contributed by atoms with Crippen LogP contribution in [0.1, 0.15) is 38.5 Å². The molecular formula is C21H29N3O5. The fourth-order valence-corrected chi connectivity index (χ4v) is 3.96. The fraction of sp³-hybridized carbons (Fsp3) is 0.571. The number of rotatable bonds is 7. The molecule has 29 heavy (non-hydrogen) atoms. The van der Waals surface area contributed by atoms with Gasteiger partial charge in [0, 0.05) is 30.8 Å². The molecule has 158 valence electrons. The van der Waals surface area contributed by atoms with Gasteiger partial charge >= 0.3 is 0 Å². The summed E-state index contributed by atoms with van der Waals surface area (Å²) in [5, 5.41) is 5.65. The van der Waals surface area contributed by atoms with Gasteiger partial charge in [-0.3, -0.25) is 14.4 Å². The number of ether oxygens (including phenoxy) is 2. The van der Waals surface area contributed by atoms with Gasteiger partial charge in [-0.2, -0.15) is 0 Å². The van der Waals surface area contributed by atoms with Crippen molar-refractivity contribution < 1.29 is 23.9 Å². The maximum atomic E-state index is 12.5. The van der Waals surface area contributed by atoms with Crippen LogP contribution >= 0.6 is 0 Å². The molecule has 8 nitrogen and oxygen atoms in total. The number of anilines is 1. The second-order valence-corrected chi connectivity index (χ2v) is 7.56. The first-order valence-corrected chi connectivity index (χ1v) is 10.1. The predicted octanol–water partition coefficient (Wildman–Crippen LogP) is 1.62. The van der Waals surface area contributed by atoms with E-state index in [1.165, 1.54) is 13.5 Å². The molecule has 2 aliphatic rings. The highest BCUT2D eigenvalue weighted by Crippen LogP contribution is 2.34. The van der Waals surface area contributed by atoms with Crippen LogP contribution < -0.4 is 25.0 Å². The minimum atomic E-state index is -0.488. The second kappa shape index (κ2) is 9.62. The van der Waals surface area contributed by atoms with E-state index in [0.717, 1.165) is 25.7 Å². The van der Waals surface area contributed by atoms with Gasteiger partial charge in [0.1, 0.15) is 0 Å². The standard InChI is InChI=1S/C21H29N3O5/c1-28-17-9-8-16(11-18(17)29-2)24-13-14(10-20(24)26)21(27)22-12-19(25)23-15-6-4-3-5-7-15/h8-9,11,14-15H,3-7,10,12-13H2,1-2H3,(H,22,27)(H,23,25). The fourth-order valence-electron chi connectivity index (χ4n) is 3.96. The summed E-state index contributed by atoms with van der Waals surface area (Å²) in [6, 6.07) is 5.41. The monoisotopic (exact) mass is 403 g/mol. The summed E-state index contributed by atoms with van der Waals surface area (Å²) < 4.78 is 10.5. The molecule has 3 rings (SSSR count). The lowest BCUT2D eigenvalue weighted by Gasteiger charge is -2.23. The Hall–Kier alpha value is -2.77. The third-order valence-electron chi connectivity index (χ3n) is 5.57. The lowest BCUT2D eigenvalue weighted by atomic mass is 9.95. The first-order chi connectivity index (χ1) is 14.0. The van der Waals surface area contributed by atoms with E-state index in [9.17, 15) is 14.4 Å². The molecule has 0 bridgehead atoms. The van der Waals surface area contributed by atoms with Crippen molar-refractivity contribution in [3.05, 3.63) is 18.2 Å². The van der Waals surface area contributed by atoms with Crippen molar-refractivity contribution in [2.24, 2.45) is 5.92 Å². The van der Waals surface area contributed by atoms with E-state index in [-0.39, 0.29) is 43.3 Å². The van der Waals surface area contributed by atoms with Gasteiger partial charge in [0.15, 0.2) is 11.5 Å². The molecule has 1 saturated carbocycles. The molecule has 1 atom stereocenters. The summed E-state index contributed by atoms with van der Waals surface area (Å²) >= 11 is 0. The molecule has 1 aromatic rings. The molecule has 1 unspecified atom stereocenters. The molecule has 0 spiro atoms. The van der Waals surface area contributed by atoms with Crippen LogP contribution in [0.5, 0.6) is 11.5 Å². The maximum Gasteiger partial charge on any atom is 0.239 e. The molecule has 1 aromatic carbocycles. The van der Waals surface area contributed by atoms with Gasteiger partial charge < -0.3 is 25.0 Å². The third-order valence-corrected chi connectivity index (χ3v) is 5.57. The molecule has 0 aromatic heterocycles. The summed E-state index contributed by atoms with van der Waals surface area (Å²) in [7, 11) is 3.07. The molecule has 2 N–H and O–H groups in total. The van der Waals surface area contributed by atoms with Crippen LogP contribution in [0.15, 0.2) is 18.2 Å². The Morgan fingerprint density at radius 2 is 1.83 bits per heavy atom. The van der Waals surface area contributed by atoms with Crippen LogP contribution in [0.4, 0.5) is 5.69 Å². The van der Waals surface area contributed by atoms with E-state index in [1.54, 1.807) is 30.2 Å². The minimum absolute atomic E-state index is 0.0591. The zero-order valence-corrected chi connectivity index (χ0v) is 17.0. The lowest BCUT2D eigenvalue weighted by Crippen LogP contribution is -2.44. The predicted molar refractivity (Wildman–Crippen MR) is 108 cm³/mol. The first-order valence-electron chi connectivity index (χ1n) is 10.1. The van der Waals surface area contributed by atoms with Crippen molar-refractivity contribution in [2.75, 3.05) is 32.2 Å². The molecular weight excluding hydrogens is 374 g/mol. The number of carbonyl (C=O) groups is 3. The average Bonchev–Trinajstić information content (AvgIpc) is 3.14. The zero-order chi connectivity index (χ0) is 20.8. The smallest absolute Gasteiger partial charge is 0.239 e. The number of methoxy groups -OCH3 is 2. The largest absolute Gasteiger partial charge is 0.493 e. The number of benzene rings is 1. The average molecular weight is 403 g/mol. The number of nitrogens with one attached hydrogen (secondary N) is 2. The van der Waals surface area contributed by atoms with Crippen LogP contribution in [-0.2, 0) is 14.4 Å². The first kappa shape index (κ1) is 21.0. The number of carbonyl (C=O) groups excluding carboxylic acids is 3. The van der Waals surface area contributed by atoms with Gasteiger partial charge in [-0.15, -0.1) is 0 Å². The number of nitrogens with zero attached hydrogens (tertiary/aromatic N) is 1. The summed E-state index contributed by atoms with van der Waals surface area (Å²) in [5.74, 6) is 0.0137. The number of amides is 3. The Bertz CT molecular complexity index is 761. The van der Waals surface area contributed by atoms with Crippen molar-refractivity contribution in [3.63, 3.8) is 0 Å². The van der Waals surface area contributed by atoms with E-state index in [2.05, 4.69) is 10.6 Å². The lowest BCUT2D eigenvalue weighted by molar-refractivity contribution is -0.129. The van der Waals surface area contributed by atoms with Crippen LogP contribution in [0.2, 0.25) is 0 Å². The quantitative estimate of drug-likeness (QED) is 0.721. The maximum absolute atomic E-state index is 12.5. The van der Waals surface area contributed by atoms with E-state index in [1.807, 2.05) is 0 Å². The van der Waals surface area contributed by atoms with Gasteiger partial charge in [-0.05, 0) is 25.0 Å². The normalized spacial score (nSPS) is 19.7. The molecule has 3 amide bonds. The highest BCUT2D eigenvalue weighted by molar-refractivity contribution is 6.01. The zero-order valence-electron chi connectivity index (χ0n) is 17.0. The third kappa shape index (κ3) is 5.19. The van der Waals surface area contributed by atoms with Gasteiger partial charge in [-0.25, -0.2) is 0 Å². The van der Waals surface area contributed by atoms with E-state index in [0.29, 0.717) is 17.2 Å². The summed E-state index contributed by atoms with van der Waals surface area (Å²) in [4.78, 5) is 38.6. The molecule has 2 fully saturated rings. The highest BCUT2D eigenvalue weighted by Gasteiger charge is 2.35. The van der Waals surface area contributed by atoms with E-state index >= 15 is 0 Å². The summed E-state index contributed by atoms with van der Waals surface area (Å²) in [6.45, 7) is 0.209. The van der Waals surface area contributed by atoms with Crippen LogP contribution in [0, 0.1) is 5.92 Å². The molecule has 1 aliphatic carbocycles. The minimum Gasteiger partial charge on any atom is -0.493 e. The van der Waals surface area contributed by atoms with Gasteiger partial charge in [0.25, 0.3) is 0 Å². The van der Waals surface area contributed by atoms with Gasteiger partial charge in [0.05, 0.1) is 26.7 Å². The second-order valence-electron chi connectivity index (χ2n) is 7.56. The SMILES string of the molecule is COc1ccc(N2CC(C(=O)NCC(=O)NC3CCCCC3)CC2=O)cc1OC. The molecule has 1 aliphatic heterocycles. The molecule has 0 radical (unpaired) electrons. The van der Waals surface area contributed by atoms with Crippen molar-refractivity contribution in [1.82, 2.24) is 10.6 Å². The summed E-state index contributed by atoms with van der Waals surface area (Å²) in [6.07, 6.45) is 5.59. The number of hydrogen-bond donors (Lipinski definition) is 2. The molecule has 8 heteroatoms. The number of hydrogen-bond acceptors (Lipinski definition) is 5. The Balaban J connectivity index is 1.52. The van der Waals surface area contributed by atoms with Crippen LogP contribution in [0.3, 0.4) is 0 Å². The Kier molecular flexibility index (Phi) is 6.95.